The molecule has 3 nitrogen and oxygen atoms in total. The highest BCUT2D eigenvalue weighted by Gasteiger charge is 2.17. The molecule has 0 saturated heterocycles. The first-order valence-corrected chi connectivity index (χ1v) is 5.12. The van der Waals surface area contributed by atoms with Gasteiger partial charge in [-0.2, -0.15) is 0 Å². The van der Waals surface area contributed by atoms with Gasteiger partial charge in [-0.25, -0.2) is 4.79 Å². The number of furan rings is 1. The van der Waals surface area contributed by atoms with Crippen LogP contribution in [0.25, 0.3) is 11.3 Å². The van der Waals surface area contributed by atoms with Crippen LogP contribution in [0.4, 0.5) is 0 Å². The van der Waals surface area contributed by atoms with E-state index in [1.165, 1.54) is 6.07 Å². The lowest BCUT2D eigenvalue weighted by molar-refractivity contribution is 0.0697. The van der Waals surface area contributed by atoms with Crippen LogP contribution in [-0.2, 0) is 0 Å². The zero-order chi connectivity index (χ0) is 11.7. The van der Waals surface area contributed by atoms with Crippen molar-refractivity contribution >= 4 is 29.2 Å². The molecule has 1 N–H and O–H groups in total. The van der Waals surface area contributed by atoms with Crippen molar-refractivity contribution in [3.05, 3.63) is 46.1 Å². The van der Waals surface area contributed by atoms with Gasteiger partial charge < -0.3 is 9.52 Å². The monoisotopic (exact) mass is 256 g/mol. The maximum atomic E-state index is 10.9. The van der Waals surface area contributed by atoms with Gasteiger partial charge in [-0.05, 0) is 35.9 Å². The number of hydrogen-bond acceptors (Lipinski definition) is 2. The molecule has 0 fully saturated rings. The Morgan fingerprint density at radius 1 is 1.19 bits per heavy atom. The molecule has 16 heavy (non-hydrogen) atoms. The zero-order valence-corrected chi connectivity index (χ0v) is 9.42. The third-order valence-corrected chi connectivity index (χ3v) is 2.48. The van der Waals surface area contributed by atoms with Gasteiger partial charge in [0.05, 0.1) is 0 Å². The average Bonchev–Trinajstić information content (AvgIpc) is 2.61. The van der Waals surface area contributed by atoms with Gasteiger partial charge >= 0.3 is 5.97 Å². The highest BCUT2D eigenvalue weighted by Crippen LogP contribution is 2.30. The van der Waals surface area contributed by atoms with E-state index in [4.69, 9.17) is 32.7 Å². The van der Waals surface area contributed by atoms with Crippen molar-refractivity contribution in [3.63, 3.8) is 0 Å². The molecule has 1 aromatic carbocycles. The molecular formula is C11H6Cl2O3. The average molecular weight is 257 g/mol. The second-order valence-electron chi connectivity index (χ2n) is 3.11. The molecule has 0 unspecified atom stereocenters. The third kappa shape index (κ3) is 2.05. The Balaban J connectivity index is 2.55. The van der Waals surface area contributed by atoms with E-state index in [2.05, 4.69) is 0 Å². The highest BCUT2D eigenvalue weighted by molar-refractivity contribution is 6.30. The van der Waals surface area contributed by atoms with E-state index in [9.17, 15) is 4.79 Å². The van der Waals surface area contributed by atoms with Gasteiger partial charge in [-0.3, -0.25) is 0 Å². The molecule has 0 radical (unpaired) electrons. The van der Waals surface area contributed by atoms with Crippen LogP contribution in [0.1, 0.15) is 10.4 Å². The minimum absolute atomic E-state index is 0.0346. The van der Waals surface area contributed by atoms with Crippen LogP contribution in [0.5, 0.6) is 0 Å². The molecule has 0 spiro atoms. The van der Waals surface area contributed by atoms with E-state index >= 15 is 0 Å². The van der Waals surface area contributed by atoms with Gasteiger partial charge in [0.1, 0.15) is 5.56 Å². The summed E-state index contributed by atoms with van der Waals surface area (Å²) in [4.78, 5) is 10.9. The molecule has 0 aliphatic carbocycles. The first-order chi connectivity index (χ1) is 7.58. The van der Waals surface area contributed by atoms with Gasteiger partial charge in [-0.15, -0.1) is 0 Å². The minimum atomic E-state index is -1.08. The van der Waals surface area contributed by atoms with E-state index in [1.54, 1.807) is 24.3 Å². The fourth-order valence-corrected chi connectivity index (χ4v) is 1.65. The lowest BCUT2D eigenvalue weighted by atomic mass is 10.1. The zero-order valence-electron chi connectivity index (χ0n) is 7.91. The van der Waals surface area contributed by atoms with Crippen molar-refractivity contribution in [1.29, 1.82) is 0 Å². The number of carboxylic acids is 1. The Morgan fingerprint density at radius 2 is 1.81 bits per heavy atom. The molecule has 0 amide bonds. The summed E-state index contributed by atoms with van der Waals surface area (Å²) >= 11 is 11.4. The normalized spacial score (nSPS) is 10.4. The molecule has 5 heteroatoms. The van der Waals surface area contributed by atoms with Crippen molar-refractivity contribution in [1.82, 2.24) is 0 Å². The lowest BCUT2D eigenvalue weighted by Gasteiger charge is -1.98. The number of carboxylic acid groups (broad SMARTS) is 1. The van der Waals surface area contributed by atoms with Crippen LogP contribution in [-0.4, -0.2) is 11.1 Å². The first-order valence-electron chi connectivity index (χ1n) is 4.36. The Kier molecular flexibility index (Phi) is 2.90. The smallest absolute Gasteiger partial charge is 0.339 e. The minimum Gasteiger partial charge on any atom is -0.478 e. The van der Waals surface area contributed by atoms with Crippen LogP contribution < -0.4 is 0 Å². The van der Waals surface area contributed by atoms with Crippen LogP contribution >= 0.6 is 23.2 Å². The summed E-state index contributed by atoms with van der Waals surface area (Å²) in [6, 6.07) is 7.92. The molecule has 0 aliphatic rings. The van der Waals surface area contributed by atoms with Gasteiger partial charge in [0.15, 0.2) is 11.0 Å². The maximum absolute atomic E-state index is 10.9. The number of carbonyl (C=O) groups is 1. The molecular weight excluding hydrogens is 251 g/mol. The van der Waals surface area contributed by atoms with Crippen LogP contribution in [0.3, 0.4) is 0 Å². The molecule has 1 aromatic heterocycles. The van der Waals surface area contributed by atoms with Gasteiger partial charge in [0.2, 0.25) is 0 Å². The Morgan fingerprint density at radius 3 is 2.38 bits per heavy atom. The number of benzene rings is 1. The topological polar surface area (TPSA) is 50.4 Å². The van der Waals surface area contributed by atoms with Gasteiger partial charge in [-0.1, -0.05) is 11.6 Å². The Bertz CT molecular complexity index is 529. The van der Waals surface area contributed by atoms with Gasteiger partial charge in [0.25, 0.3) is 0 Å². The summed E-state index contributed by atoms with van der Waals surface area (Å²) in [6.07, 6.45) is 0. The largest absolute Gasteiger partial charge is 0.478 e. The number of rotatable bonds is 2. The van der Waals surface area contributed by atoms with Crippen molar-refractivity contribution in [3.8, 4) is 11.3 Å². The standard InChI is InChI=1S/C11H6Cl2O3/c12-7-3-1-6(2-4-7)10-8(11(14)15)5-9(13)16-10/h1-5H,(H,14,15). The lowest BCUT2D eigenvalue weighted by Crippen LogP contribution is -1.95. The molecule has 1 heterocycles. The quantitative estimate of drug-likeness (QED) is 0.885. The van der Waals surface area contributed by atoms with E-state index in [-0.39, 0.29) is 16.5 Å². The highest BCUT2D eigenvalue weighted by atomic mass is 35.5. The molecule has 0 aliphatic heterocycles. The number of halogens is 2. The molecule has 82 valence electrons. The van der Waals surface area contributed by atoms with Crippen LogP contribution in [0.2, 0.25) is 10.2 Å². The predicted molar refractivity (Wildman–Crippen MR) is 61.1 cm³/mol. The van der Waals surface area contributed by atoms with E-state index in [0.29, 0.717) is 10.6 Å². The molecule has 2 aromatic rings. The second kappa shape index (κ2) is 4.20. The summed E-state index contributed by atoms with van der Waals surface area (Å²) < 4.78 is 5.14. The van der Waals surface area contributed by atoms with E-state index in [1.807, 2.05) is 0 Å². The number of hydrogen-bond donors (Lipinski definition) is 1. The summed E-state index contributed by atoms with van der Waals surface area (Å²) in [6.45, 7) is 0. The summed E-state index contributed by atoms with van der Waals surface area (Å²) in [5.41, 5.74) is 0.654. The molecule has 2 rings (SSSR count). The summed E-state index contributed by atoms with van der Waals surface area (Å²) in [7, 11) is 0. The Hall–Kier alpha value is -1.45. The third-order valence-electron chi connectivity index (χ3n) is 2.04. The molecule has 0 saturated carbocycles. The summed E-state index contributed by atoms with van der Waals surface area (Å²) in [5.74, 6) is -0.852. The van der Waals surface area contributed by atoms with Gasteiger partial charge in [0, 0.05) is 16.7 Å². The molecule has 0 atom stereocenters. The van der Waals surface area contributed by atoms with Crippen molar-refractivity contribution in [2.24, 2.45) is 0 Å². The fourth-order valence-electron chi connectivity index (χ4n) is 1.34. The first kappa shape index (κ1) is 11.0. The Labute approximate surface area is 101 Å². The second-order valence-corrected chi connectivity index (χ2v) is 3.91. The van der Waals surface area contributed by atoms with Crippen LogP contribution in [0.15, 0.2) is 34.7 Å². The SMILES string of the molecule is O=C(O)c1cc(Cl)oc1-c1ccc(Cl)cc1. The van der Waals surface area contributed by atoms with Crippen molar-refractivity contribution in [2.45, 2.75) is 0 Å². The summed E-state index contributed by atoms with van der Waals surface area (Å²) in [5, 5.41) is 9.56. The van der Waals surface area contributed by atoms with E-state index in [0.717, 1.165) is 0 Å². The number of aromatic carboxylic acids is 1. The molecule has 0 bridgehead atoms. The van der Waals surface area contributed by atoms with Crippen molar-refractivity contribution < 1.29 is 14.3 Å². The maximum Gasteiger partial charge on any atom is 0.339 e. The van der Waals surface area contributed by atoms with Crippen molar-refractivity contribution in [2.75, 3.05) is 0 Å². The van der Waals surface area contributed by atoms with Crippen LogP contribution in [0, 0.1) is 0 Å². The predicted octanol–water partition coefficient (Wildman–Crippen LogP) is 3.95. The van der Waals surface area contributed by atoms with E-state index < -0.39 is 5.97 Å². The fraction of sp³-hybridized carbons (Fsp3) is 0.